The van der Waals surface area contributed by atoms with Gasteiger partial charge >= 0.3 is 0 Å². The van der Waals surface area contributed by atoms with Crippen LogP contribution in [0.25, 0.3) is 0 Å². The summed E-state index contributed by atoms with van der Waals surface area (Å²) in [6, 6.07) is 0. The highest BCUT2D eigenvalue weighted by molar-refractivity contribution is 4.94. The van der Waals surface area contributed by atoms with Gasteiger partial charge in [-0.05, 0) is 12.8 Å². The Morgan fingerprint density at radius 1 is 1.45 bits per heavy atom. The molecule has 0 rings (SSSR count). The summed E-state index contributed by atoms with van der Waals surface area (Å²) in [6.45, 7) is 7.66. The fraction of sp³-hybridized carbons (Fsp3) is 0.778. The first-order valence-electron chi connectivity index (χ1n) is 4.01. The largest absolute Gasteiger partial charge is 0.302 e. The molecule has 0 aromatic rings. The first-order valence-corrected chi connectivity index (χ1v) is 4.01. The molecule has 0 aromatic heterocycles. The van der Waals surface area contributed by atoms with Crippen LogP contribution < -0.4 is 5.48 Å². The van der Waals surface area contributed by atoms with Crippen LogP contribution in [-0.4, -0.2) is 13.2 Å². The van der Waals surface area contributed by atoms with E-state index in [1.165, 1.54) is 0 Å². The molecule has 2 heteroatoms. The van der Waals surface area contributed by atoms with Crippen LogP contribution in [0.4, 0.5) is 0 Å². The molecule has 0 aliphatic heterocycles. The summed E-state index contributed by atoms with van der Waals surface area (Å²) < 4.78 is 0. The van der Waals surface area contributed by atoms with E-state index in [2.05, 4.69) is 31.2 Å². The maximum atomic E-state index is 5.12. The van der Waals surface area contributed by atoms with Gasteiger partial charge in [0.15, 0.2) is 0 Å². The van der Waals surface area contributed by atoms with E-state index in [4.69, 9.17) is 4.84 Å². The monoisotopic (exact) mass is 155 g/mol. The van der Waals surface area contributed by atoms with Gasteiger partial charge in [-0.2, -0.15) is 0 Å². The van der Waals surface area contributed by atoms with Gasteiger partial charge in [-0.15, -0.1) is 11.8 Å². The van der Waals surface area contributed by atoms with E-state index in [1.54, 1.807) is 0 Å². The summed E-state index contributed by atoms with van der Waals surface area (Å²) in [4.78, 5) is 5.12. The van der Waals surface area contributed by atoms with Gasteiger partial charge in [-0.1, -0.05) is 13.8 Å². The van der Waals surface area contributed by atoms with Crippen molar-refractivity contribution in [3.05, 3.63) is 0 Å². The Labute approximate surface area is 69.3 Å². The van der Waals surface area contributed by atoms with Crippen molar-refractivity contribution in [1.29, 1.82) is 0 Å². The standard InChI is InChI=1S/C9H17NO/c1-4-5-6-7-10-11-8-9(2)3/h9-10H,6-8H2,1-3H3. The molecular weight excluding hydrogens is 138 g/mol. The molecule has 0 saturated heterocycles. The second-order valence-corrected chi connectivity index (χ2v) is 2.78. The van der Waals surface area contributed by atoms with Gasteiger partial charge in [0.05, 0.1) is 6.61 Å². The molecule has 11 heavy (non-hydrogen) atoms. The Kier molecular flexibility index (Phi) is 7.23. The van der Waals surface area contributed by atoms with Crippen LogP contribution in [0.15, 0.2) is 0 Å². The third-order valence-electron chi connectivity index (χ3n) is 1.05. The topological polar surface area (TPSA) is 21.3 Å². The Hall–Kier alpha value is -0.520. The van der Waals surface area contributed by atoms with Gasteiger partial charge in [0, 0.05) is 13.0 Å². The minimum atomic E-state index is 0.583. The zero-order valence-electron chi connectivity index (χ0n) is 7.61. The predicted molar refractivity (Wildman–Crippen MR) is 46.9 cm³/mol. The van der Waals surface area contributed by atoms with Crippen LogP contribution in [0, 0.1) is 17.8 Å². The SMILES string of the molecule is CC#CCCNOCC(C)C. The number of rotatable bonds is 5. The van der Waals surface area contributed by atoms with Crippen molar-refractivity contribution in [2.45, 2.75) is 27.2 Å². The third kappa shape index (κ3) is 9.48. The van der Waals surface area contributed by atoms with E-state index < -0.39 is 0 Å². The summed E-state index contributed by atoms with van der Waals surface area (Å²) in [7, 11) is 0. The Morgan fingerprint density at radius 3 is 2.73 bits per heavy atom. The normalized spacial score (nSPS) is 9.45. The lowest BCUT2D eigenvalue weighted by molar-refractivity contribution is 0.0253. The molecule has 0 bridgehead atoms. The molecule has 0 aliphatic carbocycles. The van der Waals surface area contributed by atoms with Crippen LogP contribution in [-0.2, 0) is 4.84 Å². The highest BCUT2D eigenvalue weighted by atomic mass is 16.6. The maximum Gasteiger partial charge on any atom is 0.0705 e. The van der Waals surface area contributed by atoms with Crippen molar-refractivity contribution in [2.24, 2.45) is 5.92 Å². The second-order valence-electron chi connectivity index (χ2n) is 2.78. The summed E-state index contributed by atoms with van der Waals surface area (Å²) in [6.07, 6.45) is 0.856. The Balaban J connectivity index is 2.95. The van der Waals surface area contributed by atoms with Crippen LogP contribution in [0.1, 0.15) is 27.2 Å². The van der Waals surface area contributed by atoms with Gasteiger partial charge in [0.1, 0.15) is 0 Å². The van der Waals surface area contributed by atoms with E-state index in [-0.39, 0.29) is 0 Å². The average molecular weight is 155 g/mol. The van der Waals surface area contributed by atoms with Gasteiger partial charge in [0.2, 0.25) is 0 Å². The number of hydrogen-bond acceptors (Lipinski definition) is 2. The zero-order valence-corrected chi connectivity index (χ0v) is 7.61. The third-order valence-corrected chi connectivity index (χ3v) is 1.05. The smallest absolute Gasteiger partial charge is 0.0705 e. The van der Waals surface area contributed by atoms with Crippen molar-refractivity contribution in [1.82, 2.24) is 5.48 Å². The molecular formula is C9H17NO. The zero-order chi connectivity index (χ0) is 8.53. The number of hydroxylamine groups is 1. The fourth-order valence-electron chi connectivity index (χ4n) is 0.536. The van der Waals surface area contributed by atoms with Gasteiger partial charge < -0.3 is 4.84 Å². The summed E-state index contributed by atoms with van der Waals surface area (Å²) >= 11 is 0. The molecule has 0 heterocycles. The molecule has 0 aromatic carbocycles. The van der Waals surface area contributed by atoms with Gasteiger partial charge in [-0.25, -0.2) is 5.48 Å². The van der Waals surface area contributed by atoms with Crippen molar-refractivity contribution in [3.63, 3.8) is 0 Å². The van der Waals surface area contributed by atoms with Gasteiger partial charge in [0.25, 0.3) is 0 Å². The maximum absolute atomic E-state index is 5.12. The van der Waals surface area contributed by atoms with Crippen LogP contribution in [0.2, 0.25) is 0 Å². The van der Waals surface area contributed by atoms with E-state index in [0.717, 1.165) is 19.6 Å². The molecule has 0 spiro atoms. The lowest BCUT2D eigenvalue weighted by Crippen LogP contribution is -2.18. The van der Waals surface area contributed by atoms with Crippen LogP contribution in [0.3, 0.4) is 0 Å². The summed E-state index contributed by atoms with van der Waals surface area (Å²) in [5, 5.41) is 0. The Bertz CT molecular complexity index is 132. The number of hydrogen-bond donors (Lipinski definition) is 1. The molecule has 0 unspecified atom stereocenters. The molecule has 0 amide bonds. The first-order chi connectivity index (χ1) is 5.27. The molecule has 0 aliphatic rings. The van der Waals surface area contributed by atoms with Crippen molar-refractivity contribution in [3.8, 4) is 11.8 Å². The van der Waals surface area contributed by atoms with Crippen molar-refractivity contribution in [2.75, 3.05) is 13.2 Å². The van der Waals surface area contributed by atoms with E-state index >= 15 is 0 Å². The van der Waals surface area contributed by atoms with E-state index in [0.29, 0.717) is 5.92 Å². The molecule has 0 atom stereocenters. The minimum Gasteiger partial charge on any atom is -0.302 e. The first kappa shape index (κ1) is 10.5. The summed E-state index contributed by atoms with van der Waals surface area (Å²) in [5.74, 6) is 6.35. The molecule has 0 radical (unpaired) electrons. The lowest BCUT2D eigenvalue weighted by Gasteiger charge is -2.05. The molecule has 0 fully saturated rings. The quantitative estimate of drug-likeness (QED) is 0.370. The van der Waals surface area contributed by atoms with E-state index in [9.17, 15) is 0 Å². The summed E-state index contributed by atoms with van der Waals surface area (Å²) in [5.41, 5.74) is 2.85. The van der Waals surface area contributed by atoms with E-state index in [1.807, 2.05) is 6.92 Å². The highest BCUT2D eigenvalue weighted by Gasteiger charge is 1.91. The minimum absolute atomic E-state index is 0.583. The van der Waals surface area contributed by atoms with Gasteiger partial charge in [-0.3, -0.25) is 0 Å². The highest BCUT2D eigenvalue weighted by Crippen LogP contribution is 1.89. The predicted octanol–water partition coefficient (Wildman–Crippen LogP) is 1.58. The van der Waals surface area contributed by atoms with Crippen LogP contribution in [0.5, 0.6) is 0 Å². The molecule has 64 valence electrons. The average Bonchev–Trinajstić information content (AvgIpc) is 1.96. The molecule has 1 N–H and O–H groups in total. The lowest BCUT2D eigenvalue weighted by atomic mass is 10.2. The fourth-order valence-corrected chi connectivity index (χ4v) is 0.536. The molecule has 0 saturated carbocycles. The van der Waals surface area contributed by atoms with Crippen molar-refractivity contribution < 1.29 is 4.84 Å². The molecule has 2 nitrogen and oxygen atoms in total. The second kappa shape index (κ2) is 7.59. The van der Waals surface area contributed by atoms with Crippen molar-refractivity contribution >= 4 is 0 Å². The number of nitrogens with one attached hydrogen (secondary N) is 1. The Morgan fingerprint density at radius 2 is 2.18 bits per heavy atom. The van der Waals surface area contributed by atoms with Crippen LogP contribution >= 0.6 is 0 Å².